The molecule has 0 fully saturated rings. The fourth-order valence-electron chi connectivity index (χ4n) is 1.90. The summed E-state index contributed by atoms with van der Waals surface area (Å²) in [5.41, 5.74) is 6.72. The van der Waals surface area contributed by atoms with Crippen molar-refractivity contribution < 1.29 is 14.6 Å². The van der Waals surface area contributed by atoms with Crippen LogP contribution in [0.5, 0.6) is 11.5 Å². The van der Waals surface area contributed by atoms with Gasteiger partial charge in [0.1, 0.15) is 6.61 Å². The molecule has 0 aliphatic heterocycles. The van der Waals surface area contributed by atoms with Crippen molar-refractivity contribution in [2.45, 2.75) is 13.8 Å². The van der Waals surface area contributed by atoms with Gasteiger partial charge in [-0.2, -0.15) is 0 Å². The van der Waals surface area contributed by atoms with Gasteiger partial charge in [-0.3, -0.25) is 0 Å². The predicted octanol–water partition coefficient (Wildman–Crippen LogP) is 1.71. The molecular formula is C15H26N2O3. The Kier molecular flexibility index (Phi) is 7.18. The first-order valence-corrected chi connectivity index (χ1v) is 6.98. The van der Waals surface area contributed by atoms with Crippen molar-refractivity contribution in [2.24, 2.45) is 17.6 Å². The minimum atomic E-state index is -0.0244. The predicted molar refractivity (Wildman–Crippen MR) is 81.4 cm³/mol. The van der Waals surface area contributed by atoms with Crippen LogP contribution in [0.3, 0.4) is 0 Å². The molecule has 1 unspecified atom stereocenters. The van der Waals surface area contributed by atoms with E-state index >= 15 is 0 Å². The summed E-state index contributed by atoms with van der Waals surface area (Å²) in [6.07, 6.45) is 0. The normalized spacial score (nSPS) is 12.3. The summed E-state index contributed by atoms with van der Waals surface area (Å²) in [6, 6.07) is 5.67. The van der Waals surface area contributed by atoms with Gasteiger partial charge in [0.2, 0.25) is 0 Å². The van der Waals surface area contributed by atoms with Gasteiger partial charge < -0.3 is 25.6 Å². The number of hydrogen-bond donors (Lipinski definition) is 3. The average molecular weight is 282 g/mol. The highest BCUT2D eigenvalue weighted by Crippen LogP contribution is 2.30. The smallest absolute Gasteiger partial charge is 0.163 e. The van der Waals surface area contributed by atoms with E-state index in [4.69, 9.17) is 20.3 Å². The highest BCUT2D eigenvalue weighted by atomic mass is 16.5. The lowest BCUT2D eigenvalue weighted by Gasteiger charge is -2.20. The Morgan fingerprint density at radius 2 is 2.05 bits per heavy atom. The van der Waals surface area contributed by atoms with Crippen LogP contribution in [0.25, 0.3) is 0 Å². The monoisotopic (exact) mass is 282 g/mol. The van der Waals surface area contributed by atoms with Gasteiger partial charge in [0, 0.05) is 18.3 Å². The van der Waals surface area contributed by atoms with Crippen LogP contribution >= 0.6 is 0 Å². The van der Waals surface area contributed by atoms with Crippen LogP contribution in [0.2, 0.25) is 0 Å². The maximum Gasteiger partial charge on any atom is 0.163 e. The van der Waals surface area contributed by atoms with E-state index in [0.29, 0.717) is 29.9 Å². The Labute approximate surface area is 121 Å². The van der Waals surface area contributed by atoms with Gasteiger partial charge in [0.05, 0.1) is 13.7 Å². The van der Waals surface area contributed by atoms with Crippen LogP contribution in [0.1, 0.15) is 13.8 Å². The number of nitrogens with one attached hydrogen (secondary N) is 1. The lowest BCUT2D eigenvalue weighted by atomic mass is 9.96. The van der Waals surface area contributed by atoms with Gasteiger partial charge in [-0.25, -0.2) is 0 Å². The van der Waals surface area contributed by atoms with Crippen molar-refractivity contribution in [3.63, 3.8) is 0 Å². The molecule has 4 N–H and O–H groups in total. The van der Waals surface area contributed by atoms with Crippen LogP contribution in [0.15, 0.2) is 18.2 Å². The maximum atomic E-state index is 8.83. The molecular weight excluding hydrogens is 256 g/mol. The second-order valence-electron chi connectivity index (χ2n) is 5.06. The van der Waals surface area contributed by atoms with E-state index in [2.05, 4.69) is 19.2 Å². The molecule has 0 heterocycles. The molecule has 5 heteroatoms. The number of nitrogens with two attached hydrogens (primary N) is 1. The molecule has 0 aromatic heterocycles. The highest BCUT2D eigenvalue weighted by molar-refractivity contribution is 5.54. The van der Waals surface area contributed by atoms with E-state index in [1.54, 1.807) is 7.11 Å². The zero-order valence-corrected chi connectivity index (χ0v) is 12.6. The summed E-state index contributed by atoms with van der Waals surface area (Å²) >= 11 is 0. The maximum absolute atomic E-state index is 8.83. The number of aliphatic hydroxyl groups excluding tert-OH is 1. The number of rotatable bonds is 9. The minimum absolute atomic E-state index is 0.0244. The van der Waals surface area contributed by atoms with Crippen molar-refractivity contribution in [1.82, 2.24) is 0 Å². The number of ether oxygens (including phenoxy) is 2. The molecule has 0 spiro atoms. The SMILES string of the molecule is COc1ccc(NCC(CN)C(C)C)cc1OCCO. The molecule has 114 valence electrons. The third kappa shape index (κ3) is 4.90. The summed E-state index contributed by atoms with van der Waals surface area (Å²) in [6.45, 7) is 6.04. The van der Waals surface area contributed by atoms with Crippen molar-refractivity contribution in [3.05, 3.63) is 18.2 Å². The summed E-state index contributed by atoms with van der Waals surface area (Å²) in [4.78, 5) is 0. The van der Waals surface area contributed by atoms with E-state index in [9.17, 15) is 0 Å². The van der Waals surface area contributed by atoms with Crippen molar-refractivity contribution in [2.75, 3.05) is 38.7 Å². The molecule has 1 rings (SSSR count). The zero-order chi connectivity index (χ0) is 15.0. The van der Waals surface area contributed by atoms with Crippen LogP contribution < -0.4 is 20.5 Å². The average Bonchev–Trinajstić information content (AvgIpc) is 2.45. The molecule has 20 heavy (non-hydrogen) atoms. The lowest BCUT2D eigenvalue weighted by molar-refractivity contribution is 0.196. The molecule has 0 aliphatic carbocycles. The van der Waals surface area contributed by atoms with Crippen molar-refractivity contribution >= 4 is 5.69 Å². The van der Waals surface area contributed by atoms with Crippen LogP contribution in [-0.4, -0.2) is 38.5 Å². The Balaban J connectivity index is 2.70. The molecule has 0 amide bonds. The summed E-state index contributed by atoms with van der Waals surface area (Å²) in [5, 5.41) is 12.2. The summed E-state index contributed by atoms with van der Waals surface area (Å²) in [5.74, 6) is 2.25. The van der Waals surface area contributed by atoms with E-state index < -0.39 is 0 Å². The summed E-state index contributed by atoms with van der Waals surface area (Å²) in [7, 11) is 1.59. The van der Waals surface area contributed by atoms with E-state index in [0.717, 1.165) is 12.2 Å². The quantitative estimate of drug-likeness (QED) is 0.643. The topological polar surface area (TPSA) is 76.7 Å². The molecule has 0 saturated heterocycles. The lowest BCUT2D eigenvalue weighted by Crippen LogP contribution is -2.27. The first kappa shape index (κ1) is 16.6. The third-order valence-electron chi connectivity index (χ3n) is 3.33. The number of benzene rings is 1. The van der Waals surface area contributed by atoms with E-state index in [1.807, 2.05) is 18.2 Å². The number of hydrogen-bond acceptors (Lipinski definition) is 5. The van der Waals surface area contributed by atoms with Gasteiger partial charge in [-0.05, 0) is 30.5 Å². The summed E-state index contributed by atoms with van der Waals surface area (Å²) < 4.78 is 10.7. The number of methoxy groups -OCH3 is 1. The van der Waals surface area contributed by atoms with Gasteiger partial charge in [-0.15, -0.1) is 0 Å². The fraction of sp³-hybridized carbons (Fsp3) is 0.600. The number of anilines is 1. The zero-order valence-electron chi connectivity index (χ0n) is 12.6. The Bertz CT molecular complexity index is 397. The molecule has 1 aromatic rings. The molecule has 1 atom stereocenters. The Morgan fingerprint density at radius 3 is 2.60 bits per heavy atom. The van der Waals surface area contributed by atoms with Crippen molar-refractivity contribution in [1.29, 1.82) is 0 Å². The first-order chi connectivity index (χ1) is 9.62. The molecule has 5 nitrogen and oxygen atoms in total. The van der Waals surface area contributed by atoms with Gasteiger partial charge >= 0.3 is 0 Å². The fourth-order valence-corrected chi connectivity index (χ4v) is 1.90. The van der Waals surface area contributed by atoms with Crippen LogP contribution in [0, 0.1) is 11.8 Å². The standard InChI is InChI=1S/C15H26N2O3/c1-11(2)12(9-16)10-17-13-4-5-14(19-3)15(8-13)20-7-6-18/h4-5,8,11-12,17-18H,6-7,9-10,16H2,1-3H3. The minimum Gasteiger partial charge on any atom is -0.493 e. The second-order valence-corrected chi connectivity index (χ2v) is 5.06. The molecule has 0 saturated carbocycles. The van der Waals surface area contributed by atoms with Gasteiger partial charge in [0.25, 0.3) is 0 Å². The molecule has 0 aliphatic rings. The molecule has 0 bridgehead atoms. The molecule has 0 radical (unpaired) electrons. The van der Waals surface area contributed by atoms with Crippen LogP contribution in [-0.2, 0) is 0 Å². The third-order valence-corrected chi connectivity index (χ3v) is 3.33. The van der Waals surface area contributed by atoms with Gasteiger partial charge in [0.15, 0.2) is 11.5 Å². The number of aliphatic hydroxyl groups is 1. The first-order valence-electron chi connectivity index (χ1n) is 6.98. The van der Waals surface area contributed by atoms with Crippen molar-refractivity contribution in [3.8, 4) is 11.5 Å². The van der Waals surface area contributed by atoms with Gasteiger partial charge in [-0.1, -0.05) is 13.8 Å². The second kappa shape index (κ2) is 8.66. The Hall–Kier alpha value is -1.46. The largest absolute Gasteiger partial charge is 0.493 e. The Morgan fingerprint density at radius 1 is 1.30 bits per heavy atom. The van der Waals surface area contributed by atoms with Crippen LogP contribution in [0.4, 0.5) is 5.69 Å². The van der Waals surface area contributed by atoms with E-state index in [-0.39, 0.29) is 13.2 Å². The van der Waals surface area contributed by atoms with E-state index in [1.165, 1.54) is 0 Å². The molecule has 1 aromatic carbocycles. The highest BCUT2D eigenvalue weighted by Gasteiger charge is 2.12.